The molecule has 2 N–H and O–H groups in total. The second kappa shape index (κ2) is 15.8. The summed E-state index contributed by atoms with van der Waals surface area (Å²) < 4.78 is 32.0. The molecule has 11 nitrogen and oxygen atoms in total. The Kier molecular flexibility index (Phi) is 11.6. The topological polar surface area (TPSA) is 142 Å². The monoisotopic (exact) mass is 719 g/mol. The number of aliphatic hydroxyl groups is 2. The maximum atomic E-state index is 14.1. The summed E-state index contributed by atoms with van der Waals surface area (Å²) in [6, 6.07) is 9.00. The number of nitrogens with zero attached hydrogens (tertiary/aromatic N) is 1. The molecule has 4 heterocycles. The van der Waals surface area contributed by atoms with Gasteiger partial charge in [0.25, 0.3) is 0 Å². The molecule has 1 aromatic carbocycles. The van der Waals surface area contributed by atoms with Gasteiger partial charge in [0.2, 0.25) is 0 Å². The molecule has 1 spiro atoms. The highest BCUT2D eigenvalue weighted by Crippen LogP contribution is 2.47. The van der Waals surface area contributed by atoms with Crippen LogP contribution in [-0.2, 0) is 38.1 Å². The Bertz CT molecular complexity index is 1630. The SMILES string of the molecule is CC[C@H]1O[C@]2(CC[C@@H]1C)C[C@@H]1C[C@@H](C/C=C(\C)[C@@H](OC(=O)/C(=N\OC)c3ccccc3)[C@@H](C)/C=C/C=C3\CO[C@@H]4[C@H](O)C(C)=C[C@@H](C(=O)O1)[C@]34O)O2. The fourth-order valence-electron chi connectivity index (χ4n) is 8.43. The van der Waals surface area contributed by atoms with Gasteiger partial charge >= 0.3 is 11.9 Å². The second-order valence-corrected chi connectivity index (χ2v) is 15.1. The summed E-state index contributed by atoms with van der Waals surface area (Å²) >= 11 is 0. The maximum Gasteiger partial charge on any atom is 0.361 e. The summed E-state index contributed by atoms with van der Waals surface area (Å²) in [4.78, 5) is 32.9. The quantitative estimate of drug-likeness (QED) is 0.174. The van der Waals surface area contributed by atoms with Crippen molar-refractivity contribution < 1.29 is 48.3 Å². The van der Waals surface area contributed by atoms with Crippen molar-refractivity contribution >= 4 is 17.7 Å². The van der Waals surface area contributed by atoms with Gasteiger partial charge < -0.3 is 38.7 Å². The summed E-state index contributed by atoms with van der Waals surface area (Å²) in [5.74, 6) is -3.24. The van der Waals surface area contributed by atoms with E-state index in [9.17, 15) is 19.8 Å². The van der Waals surface area contributed by atoms with E-state index in [1.165, 1.54) is 7.11 Å². The lowest BCUT2D eigenvalue weighted by Gasteiger charge is -2.50. The third kappa shape index (κ3) is 7.57. The van der Waals surface area contributed by atoms with Crippen LogP contribution in [0.5, 0.6) is 0 Å². The number of hydrogen-bond acceptors (Lipinski definition) is 11. The zero-order valence-corrected chi connectivity index (χ0v) is 31.0. The van der Waals surface area contributed by atoms with Gasteiger partial charge in [-0.2, -0.15) is 0 Å². The predicted octanol–water partition coefficient (Wildman–Crippen LogP) is 5.50. The molecule has 0 amide bonds. The number of aliphatic hydroxyl groups excluding tert-OH is 1. The van der Waals surface area contributed by atoms with Gasteiger partial charge in [-0.3, -0.25) is 4.79 Å². The average molecular weight is 720 g/mol. The second-order valence-electron chi connectivity index (χ2n) is 15.1. The van der Waals surface area contributed by atoms with E-state index >= 15 is 0 Å². The first-order valence-electron chi connectivity index (χ1n) is 18.6. The van der Waals surface area contributed by atoms with Crippen LogP contribution in [0.25, 0.3) is 0 Å². The van der Waals surface area contributed by atoms with Crippen molar-refractivity contribution in [3.63, 3.8) is 0 Å². The number of oxime groups is 1. The number of esters is 2. The van der Waals surface area contributed by atoms with E-state index in [2.05, 4.69) is 19.0 Å². The zero-order valence-electron chi connectivity index (χ0n) is 31.0. The largest absolute Gasteiger partial charge is 0.462 e. The van der Waals surface area contributed by atoms with Gasteiger partial charge in [-0.25, -0.2) is 4.79 Å². The lowest BCUT2D eigenvalue weighted by Crippen LogP contribution is -2.58. The number of fused-ring (bicyclic) bond motifs is 2. The molecule has 282 valence electrons. The molecule has 0 saturated carbocycles. The lowest BCUT2D eigenvalue weighted by molar-refractivity contribution is -0.335. The van der Waals surface area contributed by atoms with Gasteiger partial charge in [0.05, 0.1) is 18.8 Å². The minimum absolute atomic E-state index is 0.00166. The molecule has 0 unspecified atom stereocenters. The average Bonchev–Trinajstić information content (AvgIpc) is 3.47. The Labute approximate surface area is 306 Å². The number of carbonyl (C=O) groups excluding carboxylic acids is 2. The Morgan fingerprint density at radius 3 is 2.60 bits per heavy atom. The fourth-order valence-corrected chi connectivity index (χ4v) is 8.43. The van der Waals surface area contributed by atoms with Gasteiger partial charge in [0.15, 0.2) is 11.5 Å². The lowest BCUT2D eigenvalue weighted by atomic mass is 9.71. The minimum Gasteiger partial charge on any atom is -0.462 e. The van der Waals surface area contributed by atoms with Crippen molar-refractivity contribution in [3.05, 3.63) is 83.0 Å². The van der Waals surface area contributed by atoms with Crippen molar-refractivity contribution in [2.24, 2.45) is 22.9 Å². The zero-order chi connectivity index (χ0) is 37.2. The third-order valence-electron chi connectivity index (χ3n) is 11.4. The number of carbonyl (C=O) groups is 2. The molecule has 11 atom stereocenters. The molecule has 4 aliphatic heterocycles. The van der Waals surface area contributed by atoms with E-state index in [1.807, 2.05) is 44.2 Å². The molecule has 2 bridgehead atoms. The van der Waals surface area contributed by atoms with Gasteiger partial charge in [-0.1, -0.05) is 86.6 Å². The van der Waals surface area contributed by atoms with E-state index in [0.717, 1.165) is 18.4 Å². The smallest absolute Gasteiger partial charge is 0.361 e. The first-order chi connectivity index (χ1) is 24.9. The predicted molar refractivity (Wildman–Crippen MR) is 193 cm³/mol. The van der Waals surface area contributed by atoms with E-state index in [1.54, 1.807) is 37.3 Å². The van der Waals surface area contributed by atoms with Gasteiger partial charge in [0, 0.05) is 30.7 Å². The Morgan fingerprint density at radius 1 is 1.10 bits per heavy atom. The highest BCUT2D eigenvalue weighted by molar-refractivity contribution is 6.43. The molecule has 3 fully saturated rings. The van der Waals surface area contributed by atoms with Crippen molar-refractivity contribution in [3.8, 4) is 0 Å². The van der Waals surface area contributed by atoms with Crippen LogP contribution in [-0.4, -0.2) is 89.6 Å². The first kappa shape index (κ1) is 38.1. The van der Waals surface area contributed by atoms with E-state index in [4.69, 9.17) is 28.5 Å². The molecule has 11 heteroatoms. The summed E-state index contributed by atoms with van der Waals surface area (Å²) in [6.45, 7) is 9.88. The summed E-state index contributed by atoms with van der Waals surface area (Å²) in [5.41, 5.74) is 0.535. The van der Waals surface area contributed by atoms with Gasteiger partial charge in [-0.15, -0.1) is 0 Å². The summed E-state index contributed by atoms with van der Waals surface area (Å²) in [6.07, 6.45) is 8.81. The number of benzene rings is 1. The Morgan fingerprint density at radius 2 is 1.87 bits per heavy atom. The molecule has 5 aliphatic rings. The van der Waals surface area contributed by atoms with Crippen LogP contribution in [0.2, 0.25) is 0 Å². The molecule has 0 radical (unpaired) electrons. The molecule has 1 aromatic rings. The van der Waals surface area contributed by atoms with Crippen LogP contribution in [0, 0.1) is 17.8 Å². The molecule has 3 saturated heterocycles. The highest BCUT2D eigenvalue weighted by Gasteiger charge is 2.60. The molecule has 6 rings (SSSR count). The normalized spacial score (nSPS) is 41.0. The minimum atomic E-state index is -1.84. The van der Waals surface area contributed by atoms with E-state index < -0.39 is 53.7 Å². The fraction of sp³-hybridized carbons (Fsp3) is 0.585. The third-order valence-corrected chi connectivity index (χ3v) is 11.4. The summed E-state index contributed by atoms with van der Waals surface area (Å²) in [7, 11) is 1.38. The molecule has 1 aliphatic carbocycles. The van der Waals surface area contributed by atoms with Crippen molar-refractivity contribution in [1.29, 1.82) is 0 Å². The number of rotatable bonds is 5. The van der Waals surface area contributed by atoms with Gasteiger partial charge in [0.1, 0.15) is 43.0 Å². The molecule has 0 aromatic heterocycles. The first-order valence-corrected chi connectivity index (χ1v) is 18.6. The van der Waals surface area contributed by atoms with Crippen LogP contribution >= 0.6 is 0 Å². The molecular weight excluding hydrogens is 666 g/mol. The highest BCUT2D eigenvalue weighted by atomic mass is 16.7. The van der Waals surface area contributed by atoms with Crippen molar-refractivity contribution in [2.75, 3.05) is 13.7 Å². The van der Waals surface area contributed by atoms with Crippen molar-refractivity contribution in [2.45, 2.75) is 121 Å². The van der Waals surface area contributed by atoms with Crippen LogP contribution in [0.15, 0.2) is 82.6 Å². The standard InChI is InChI=1S/C41H53NO10/c1-7-33-24(2)18-19-40(52-33)22-31-21-30(51-40)17-16-26(4)36(50-39(45)34(42-47-6)28-13-9-8-10-14-28)25(3)12-11-15-29-23-48-37-35(43)27(5)20-32(38(44)49-31)41(29,37)46/h8-16,20,24-25,30-33,35-37,43,46H,7,17-19,21-23H2,1-6H3/b12-11+,26-16+,29-15+,42-34-/t24-,25-,30+,31-,32-,33+,35+,36-,37+,40+,41+/m0/s1. The molecule has 52 heavy (non-hydrogen) atoms. The molecular formula is C41H53NO10. The van der Waals surface area contributed by atoms with E-state index in [-0.39, 0.29) is 30.4 Å². The Balaban J connectivity index is 1.39. The number of ether oxygens (including phenoxy) is 5. The van der Waals surface area contributed by atoms with Crippen molar-refractivity contribution in [1.82, 2.24) is 0 Å². The number of hydrogen-bond donors (Lipinski definition) is 2. The van der Waals surface area contributed by atoms with Crippen LogP contribution in [0.4, 0.5) is 0 Å². The summed E-state index contributed by atoms with van der Waals surface area (Å²) in [5, 5.41) is 27.4. The Hall–Kier alpha value is -3.61. The number of allylic oxidation sites excluding steroid dienone is 2. The van der Waals surface area contributed by atoms with Crippen LogP contribution in [0.1, 0.15) is 78.7 Å². The maximum absolute atomic E-state index is 14.1. The van der Waals surface area contributed by atoms with Crippen LogP contribution in [0.3, 0.4) is 0 Å². The van der Waals surface area contributed by atoms with Gasteiger partial charge in [-0.05, 0) is 55.7 Å². The van der Waals surface area contributed by atoms with E-state index in [0.29, 0.717) is 48.3 Å². The van der Waals surface area contributed by atoms with Crippen LogP contribution < -0.4 is 0 Å².